The molecule has 0 bridgehead atoms. The van der Waals surface area contributed by atoms with Gasteiger partial charge in [0.15, 0.2) is 11.5 Å². The fourth-order valence-corrected chi connectivity index (χ4v) is 1.30. The average molecular weight is 297 g/mol. The standard InChI is InChI=1S/C12H20N2O2.2ClH/c1-14(2)6-7-16-11-5-4-10(9-13)8-12(11)15-3;;/h4-5,8H,6-7,9,13H2,1-3H3;2*1H. The van der Waals surface area contributed by atoms with Crippen LogP contribution in [-0.2, 0) is 6.54 Å². The molecule has 2 N–H and O–H groups in total. The minimum atomic E-state index is 0. The molecule has 106 valence electrons. The number of ether oxygens (including phenoxy) is 2. The molecule has 0 aromatic heterocycles. The Hall–Kier alpha value is -0.680. The number of nitrogens with two attached hydrogens (primary N) is 1. The fourth-order valence-electron chi connectivity index (χ4n) is 1.30. The second kappa shape index (κ2) is 10.3. The highest BCUT2D eigenvalue weighted by Crippen LogP contribution is 2.27. The largest absolute Gasteiger partial charge is 0.493 e. The average Bonchev–Trinajstić information content (AvgIpc) is 2.29. The lowest BCUT2D eigenvalue weighted by Crippen LogP contribution is -2.19. The number of benzene rings is 1. The summed E-state index contributed by atoms with van der Waals surface area (Å²) in [6, 6.07) is 5.76. The molecule has 18 heavy (non-hydrogen) atoms. The fraction of sp³-hybridized carbons (Fsp3) is 0.500. The van der Waals surface area contributed by atoms with Crippen molar-refractivity contribution in [1.29, 1.82) is 0 Å². The van der Waals surface area contributed by atoms with Gasteiger partial charge in [0, 0.05) is 13.1 Å². The quantitative estimate of drug-likeness (QED) is 0.871. The van der Waals surface area contributed by atoms with E-state index in [0.717, 1.165) is 23.6 Å². The van der Waals surface area contributed by atoms with E-state index < -0.39 is 0 Å². The SMILES string of the molecule is COc1cc(CN)ccc1OCCN(C)C.Cl.Cl. The predicted molar refractivity (Wildman–Crippen MR) is 79.4 cm³/mol. The van der Waals surface area contributed by atoms with Crippen LogP contribution in [-0.4, -0.2) is 39.3 Å². The molecule has 0 amide bonds. The maximum atomic E-state index is 5.63. The Balaban J connectivity index is 0. The van der Waals surface area contributed by atoms with Crippen molar-refractivity contribution in [3.8, 4) is 11.5 Å². The summed E-state index contributed by atoms with van der Waals surface area (Å²) in [5.74, 6) is 1.50. The Bertz CT molecular complexity index is 336. The van der Waals surface area contributed by atoms with E-state index in [1.807, 2.05) is 32.3 Å². The molecule has 4 nitrogen and oxygen atoms in total. The number of methoxy groups -OCH3 is 1. The van der Waals surface area contributed by atoms with Crippen LogP contribution in [0.4, 0.5) is 0 Å². The highest BCUT2D eigenvalue weighted by Gasteiger charge is 2.05. The van der Waals surface area contributed by atoms with Crippen LogP contribution >= 0.6 is 24.8 Å². The van der Waals surface area contributed by atoms with Gasteiger partial charge in [-0.3, -0.25) is 0 Å². The van der Waals surface area contributed by atoms with Gasteiger partial charge in [-0.25, -0.2) is 0 Å². The van der Waals surface area contributed by atoms with Crippen molar-refractivity contribution in [3.63, 3.8) is 0 Å². The van der Waals surface area contributed by atoms with Crippen molar-refractivity contribution in [3.05, 3.63) is 23.8 Å². The van der Waals surface area contributed by atoms with Gasteiger partial charge in [0.05, 0.1) is 7.11 Å². The summed E-state index contributed by atoms with van der Waals surface area (Å²) < 4.78 is 10.9. The van der Waals surface area contributed by atoms with Crippen molar-refractivity contribution >= 4 is 24.8 Å². The first-order valence-electron chi connectivity index (χ1n) is 5.32. The van der Waals surface area contributed by atoms with Crippen LogP contribution in [0.5, 0.6) is 11.5 Å². The van der Waals surface area contributed by atoms with Crippen LogP contribution in [0.15, 0.2) is 18.2 Å². The van der Waals surface area contributed by atoms with Gasteiger partial charge < -0.3 is 20.1 Å². The molecule has 0 saturated heterocycles. The Kier molecular flexibility index (Phi) is 11.2. The van der Waals surface area contributed by atoms with E-state index in [9.17, 15) is 0 Å². The second-order valence-electron chi connectivity index (χ2n) is 3.84. The molecular formula is C12H22Cl2N2O2. The third kappa shape index (κ3) is 6.31. The van der Waals surface area contributed by atoms with Gasteiger partial charge in [-0.1, -0.05) is 6.07 Å². The lowest BCUT2D eigenvalue weighted by Gasteiger charge is -2.14. The van der Waals surface area contributed by atoms with E-state index in [-0.39, 0.29) is 24.8 Å². The third-order valence-electron chi connectivity index (χ3n) is 2.26. The zero-order chi connectivity index (χ0) is 12.0. The van der Waals surface area contributed by atoms with Crippen LogP contribution in [0.2, 0.25) is 0 Å². The van der Waals surface area contributed by atoms with Crippen LogP contribution in [0.25, 0.3) is 0 Å². The van der Waals surface area contributed by atoms with Gasteiger partial charge in [0.25, 0.3) is 0 Å². The van der Waals surface area contributed by atoms with E-state index in [2.05, 4.69) is 4.90 Å². The zero-order valence-electron chi connectivity index (χ0n) is 11.0. The van der Waals surface area contributed by atoms with Crippen molar-refractivity contribution in [2.45, 2.75) is 6.54 Å². The number of likely N-dealkylation sites (N-methyl/N-ethyl adjacent to an activating group) is 1. The predicted octanol–water partition coefficient (Wildman–Crippen LogP) is 1.94. The van der Waals surface area contributed by atoms with Crippen LogP contribution in [0, 0.1) is 0 Å². The normalized spacial score (nSPS) is 9.39. The summed E-state index contributed by atoms with van der Waals surface area (Å²) >= 11 is 0. The van der Waals surface area contributed by atoms with Crippen molar-refractivity contribution in [1.82, 2.24) is 4.90 Å². The lowest BCUT2D eigenvalue weighted by atomic mass is 10.2. The van der Waals surface area contributed by atoms with Crippen LogP contribution in [0.1, 0.15) is 5.56 Å². The first kappa shape index (κ1) is 19.7. The Morgan fingerprint density at radius 1 is 1.17 bits per heavy atom. The number of hydrogen-bond donors (Lipinski definition) is 1. The van der Waals surface area contributed by atoms with Gasteiger partial charge >= 0.3 is 0 Å². The lowest BCUT2D eigenvalue weighted by molar-refractivity contribution is 0.250. The van der Waals surface area contributed by atoms with Crippen LogP contribution < -0.4 is 15.2 Å². The van der Waals surface area contributed by atoms with E-state index in [4.69, 9.17) is 15.2 Å². The minimum Gasteiger partial charge on any atom is -0.493 e. The first-order chi connectivity index (χ1) is 7.67. The van der Waals surface area contributed by atoms with Gasteiger partial charge in [-0.2, -0.15) is 0 Å². The number of halogens is 2. The van der Waals surface area contributed by atoms with E-state index in [0.29, 0.717) is 13.2 Å². The van der Waals surface area contributed by atoms with Gasteiger partial charge in [-0.15, -0.1) is 24.8 Å². The zero-order valence-corrected chi connectivity index (χ0v) is 12.6. The van der Waals surface area contributed by atoms with E-state index >= 15 is 0 Å². The van der Waals surface area contributed by atoms with Crippen molar-refractivity contribution in [2.75, 3.05) is 34.4 Å². The minimum absolute atomic E-state index is 0. The Morgan fingerprint density at radius 3 is 2.33 bits per heavy atom. The summed E-state index contributed by atoms with van der Waals surface area (Å²) in [5, 5.41) is 0. The molecule has 0 spiro atoms. The van der Waals surface area contributed by atoms with Crippen LogP contribution in [0.3, 0.4) is 0 Å². The Labute approximate surface area is 121 Å². The molecule has 0 unspecified atom stereocenters. The molecule has 0 atom stereocenters. The molecule has 0 aliphatic heterocycles. The monoisotopic (exact) mass is 296 g/mol. The van der Waals surface area contributed by atoms with Crippen molar-refractivity contribution in [2.24, 2.45) is 5.73 Å². The summed E-state index contributed by atoms with van der Waals surface area (Å²) in [5.41, 5.74) is 6.60. The summed E-state index contributed by atoms with van der Waals surface area (Å²) in [6.45, 7) is 2.03. The molecule has 0 fully saturated rings. The maximum Gasteiger partial charge on any atom is 0.161 e. The van der Waals surface area contributed by atoms with Gasteiger partial charge in [0.1, 0.15) is 6.61 Å². The number of hydrogen-bond acceptors (Lipinski definition) is 4. The molecule has 6 heteroatoms. The molecule has 1 aromatic rings. The summed E-state index contributed by atoms with van der Waals surface area (Å²) in [7, 11) is 5.66. The molecular weight excluding hydrogens is 275 g/mol. The maximum absolute atomic E-state index is 5.63. The molecule has 0 radical (unpaired) electrons. The third-order valence-corrected chi connectivity index (χ3v) is 2.26. The first-order valence-corrected chi connectivity index (χ1v) is 5.32. The van der Waals surface area contributed by atoms with Crippen molar-refractivity contribution < 1.29 is 9.47 Å². The smallest absolute Gasteiger partial charge is 0.161 e. The Morgan fingerprint density at radius 2 is 1.83 bits per heavy atom. The highest BCUT2D eigenvalue weighted by molar-refractivity contribution is 5.85. The summed E-state index contributed by atoms with van der Waals surface area (Å²) in [4.78, 5) is 2.07. The summed E-state index contributed by atoms with van der Waals surface area (Å²) in [6.07, 6.45) is 0. The van der Waals surface area contributed by atoms with Gasteiger partial charge in [-0.05, 0) is 31.8 Å². The number of rotatable bonds is 6. The van der Waals surface area contributed by atoms with Gasteiger partial charge in [0.2, 0.25) is 0 Å². The van der Waals surface area contributed by atoms with E-state index in [1.54, 1.807) is 7.11 Å². The van der Waals surface area contributed by atoms with E-state index in [1.165, 1.54) is 0 Å². The topological polar surface area (TPSA) is 47.7 Å². The number of nitrogens with zero attached hydrogens (tertiary/aromatic N) is 1. The molecule has 1 rings (SSSR count). The highest BCUT2D eigenvalue weighted by atomic mass is 35.5. The molecule has 0 aliphatic carbocycles. The molecule has 1 aromatic carbocycles. The molecule has 0 saturated carbocycles. The molecule has 0 heterocycles. The molecule has 0 aliphatic rings. The second-order valence-corrected chi connectivity index (χ2v) is 3.84.